The highest BCUT2D eigenvalue weighted by Gasteiger charge is 2.16. The minimum absolute atomic E-state index is 0.201. The summed E-state index contributed by atoms with van der Waals surface area (Å²) in [5.74, 6) is 0.245. The van der Waals surface area contributed by atoms with Gasteiger partial charge in [0.2, 0.25) is 0 Å². The number of hydrogen-bond acceptors (Lipinski definition) is 5. The second kappa shape index (κ2) is 7.30. The molecule has 0 spiro atoms. The molecule has 27 heavy (non-hydrogen) atoms. The average Bonchev–Trinajstić information content (AvgIpc) is 3.08. The van der Waals surface area contributed by atoms with Crippen molar-refractivity contribution in [3.63, 3.8) is 0 Å². The highest BCUT2D eigenvalue weighted by molar-refractivity contribution is 7.11. The van der Waals surface area contributed by atoms with E-state index in [2.05, 4.69) is 20.5 Å². The largest absolute Gasteiger partial charge is 0.390 e. The number of fused-ring (bicyclic) bond motifs is 1. The van der Waals surface area contributed by atoms with Crippen LogP contribution in [-0.2, 0) is 0 Å². The monoisotopic (exact) mass is 376 g/mol. The Morgan fingerprint density at radius 1 is 1.15 bits per heavy atom. The molecular formula is C19H14N5O2S+. The molecule has 0 bridgehead atoms. The van der Waals surface area contributed by atoms with E-state index in [0.29, 0.717) is 16.3 Å². The number of rotatable bonds is 4. The molecule has 0 unspecified atom stereocenters. The number of aromatic amines is 1. The Kier molecular flexibility index (Phi) is 4.54. The van der Waals surface area contributed by atoms with Gasteiger partial charge in [-0.2, -0.15) is 10.1 Å². The molecule has 8 heteroatoms. The average molecular weight is 376 g/mol. The number of hydrogen-bond donors (Lipinski definition) is 2. The third-order valence-corrected chi connectivity index (χ3v) is 4.70. The van der Waals surface area contributed by atoms with Gasteiger partial charge in [0, 0.05) is 23.3 Å². The third kappa shape index (κ3) is 3.65. The Morgan fingerprint density at radius 3 is 2.74 bits per heavy atom. The number of nitrogens with one attached hydrogen (secondary N) is 2. The van der Waals surface area contributed by atoms with Gasteiger partial charge in [0.05, 0.1) is 12.4 Å². The van der Waals surface area contributed by atoms with E-state index in [1.165, 1.54) is 18.6 Å². The number of H-pyrrole nitrogens is 1. The molecule has 1 aromatic carbocycles. The fourth-order valence-corrected chi connectivity index (χ4v) is 3.31. The lowest BCUT2D eigenvalue weighted by Gasteiger charge is -2.00. The van der Waals surface area contributed by atoms with Crippen molar-refractivity contribution in [2.75, 3.05) is 0 Å². The van der Waals surface area contributed by atoms with Gasteiger partial charge in [-0.05, 0) is 34.9 Å². The van der Waals surface area contributed by atoms with Crippen molar-refractivity contribution < 1.29 is 9.36 Å². The van der Waals surface area contributed by atoms with Crippen LogP contribution < -0.4 is 14.9 Å². The van der Waals surface area contributed by atoms with Crippen LogP contribution in [0, 0.1) is 0 Å². The van der Waals surface area contributed by atoms with Crippen LogP contribution in [0.3, 0.4) is 0 Å². The number of amides is 1. The molecule has 0 saturated heterocycles. The minimum atomic E-state index is -0.351. The Morgan fingerprint density at radius 2 is 1.93 bits per heavy atom. The van der Waals surface area contributed by atoms with Crippen LogP contribution in [0.5, 0.6) is 0 Å². The first-order chi connectivity index (χ1) is 13.2. The second-order valence-electron chi connectivity index (χ2n) is 5.64. The summed E-state index contributed by atoms with van der Waals surface area (Å²) < 4.78 is 1.83. The predicted octanol–water partition coefficient (Wildman–Crippen LogP) is 2.03. The summed E-state index contributed by atoms with van der Waals surface area (Å²) in [7, 11) is 0. The van der Waals surface area contributed by atoms with Crippen LogP contribution in [0.1, 0.15) is 15.2 Å². The van der Waals surface area contributed by atoms with E-state index < -0.39 is 0 Å². The molecule has 0 aliphatic carbocycles. The van der Waals surface area contributed by atoms with Crippen LogP contribution in [-0.4, -0.2) is 22.1 Å². The first-order valence-electron chi connectivity index (χ1n) is 8.08. The van der Waals surface area contributed by atoms with Crippen molar-refractivity contribution in [3.8, 4) is 5.82 Å². The second-order valence-corrected chi connectivity index (χ2v) is 6.66. The smallest absolute Gasteiger partial charge is 0.267 e. The van der Waals surface area contributed by atoms with E-state index in [9.17, 15) is 9.59 Å². The summed E-state index contributed by atoms with van der Waals surface area (Å²) in [4.78, 5) is 31.0. The number of pyridine rings is 2. The number of nitrogens with zero attached hydrogens (tertiary/aromatic N) is 3. The van der Waals surface area contributed by atoms with E-state index in [-0.39, 0.29) is 10.8 Å². The van der Waals surface area contributed by atoms with Crippen molar-refractivity contribution in [2.45, 2.75) is 0 Å². The standard InChI is InChI=1S/C19H13N5O2S/c25-18(14-5-8-20-9-6-14)23-21-11-16-17(22-19(26)27-16)24-10-7-13-3-1-2-4-15(13)12-24/h1-12H,(H-,20,21,22,23,25,26)/p+1. The number of carbonyl (C=O) groups excluding carboxylic acids is 1. The van der Waals surface area contributed by atoms with Gasteiger partial charge < -0.3 is 0 Å². The predicted molar refractivity (Wildman–Crippen MR) is 103 cm³/mol. The van der Waals surface area contributed by atoms with Crippen LogP contribution in [0.15, 0.2) is 77.1 Å². The number of carbonyl (C=O) groups is 1. The molecular weight excluding hydrogens is 362 g/mol. The zero-order valence-corrected chi connectivity index (χ0v) is 14.8. The Labute approximate surface area is 157 Å². The molecule has 0 saturated carbocycles. The van der Waals surface area contributed by atoms with Crippen molar-refractivity contribution in [1.82, 2.24) is 15.4 Å². The number of aromatic nitrogens is 3. The Balaban J connectivity index is 1.61. The molecule has 3 aromatic heterocycles. The maximum Gasteiger partial charge on any atom is 0.390 e. The van der Waals surface area contributed by atoms with Gasteiger partial charge in [0.25, 0.3) is 5.91 Å². The summed E-state index contributed by atoms with van der Waals surface area (Å²) in [5.41, 5.74) is 2.90. The molecule has 0 radical (unpaired) electrons. The molecule has 2 N–H and O–H groups in total. The third-order valence-electron chi connectivity index (χ3n) is 3.89. The first kappa shape index (κ1) is 16.8. The van der Waals surface area contributed by atoms with Crippen molar-refractivity contribution in [2.24, 2.45) is 5.10 Å². The van der Waals surface area contributed by atoms with E-state index >= 15 is 0 Å². The van der Waals surface area contributed by atoms with Crippen molar-refractivity contribution in [3.05, 3.63) is 87.4 Å². The summed E-state index contributed by atoms with van der Waals surface area (Å²) in [5, 5.41) is 6.12. The maximum absolute atomic E-state index is 12.0. The van der Waals surface area contributed by atoms with Crippen LogP contribution in [0.4, 0.5) is 0 Å². The van der Waals surface area contributed by atoms with E-state index in [0.717, 1.165) is 22.1 Å². The molecule has 0 fully saturated rings. The van der Waals surface area contributed by atoms with Gasteiger partial charge in [0.1, 0.15) is 11.1 Å². The fraction of sp³-hybridized carbons (Fsp3) is 0. The van der Waals surface area contributed by atoms with Gasteiger partial charge in [-0.25, -0.2) is 14.8 Å². The van der Waals surface area contributed by atoms with Gasteiger partial charge in [-0.1, -0.05) is 24.3 Å². The fourth-order valence-electron chi connectivity index (χ4n) is 2.60. The van der Waals surface area contributed by atoms with Gasteiger partial charge >= 0.3 is 10.7 Å². The Hall–Kier alpha value is -3.65. The van der Waals surface area contributed by atoms with Gasteiger partial charge in [0.15, 0.2) is 0 Å². The molecule has 3 heterocycles. The molecule has 0 aliphatic heterocycles. The SMILES string of the molecule is O=C(N/N=C/c1sc(=O)[nH]c1-[n+]1ccc2ccccc2c1)c1ccncc1. The lowest BCUT2D eigenvalue weighted by molar-refractivity contribution is -0.597. The molecule has 0 atom stereocenters. The highest BCUT2D eigenvalue weighted by Crippen LogP contribution is 2.12. The Bertz CT molecular complexity index is 1200. The number of thiazole rings is 1. The van der Waals surface area contributed by atoms with Crippen molar-refractivity contribution in [1.29, 1.82) is 0 Å². The van der Waals surface area contributed by atoms with E-state index in [1.807, 2.05) is 47.3 Å². The van der Waals surface area contributed by atoms with Crippen LogP contribution in [0.25, 0.3) is 16.6 Å². The first-order valence-corrected chi connectivity index (χ1v) is 8.89. The number of hydrazone groups is 1. The summed E-state index contributed by atoms with van der Waals surface area (Å²) >= 11 is 1.02. The van der Waals surface area contributed by atoms with E-state index in [1.54, 1.807) is 12.1 Å². The van der Waals surface area contributed by atoms with Crippen LogP contribution >= 0.6 is 11.3 Å². The maximum atomic E-state index is 12.0. The molecule has 4 aromatic rings. The molecule has 4 rings (SSSR count). The normalized spacial score (nSPS) is 11.1. The zero-order valence-electron chi connectivity index (χ0n) is 14.0. The summed E-state index contributed by atoms with van der Waals surface area (Å²) in [6.45, 7) is 0. The minimum Gasteiger partial charge on any atom is -0.267 e. The molecule has 132 valence electrons. The topological polar surface area (TPSA) is 91.1 Å². The summed E-state index contributed by atoms with van der Waals surface area (Å²) in [6.07, 6.45) is 8.32. The molecule has 0 aliphatic rings. The zero-order chi connectivity index (χ0) is 18.6. The van der Waals surface area contributed by atoms with Gasteiger partial charge in [-0.3, -0.25) is 9.78 Å². The van der Waals surface area contributed by atoms with Gasteiger partial charge in [-0.15, -0.1) is 0 Å². The molecule has 1 amide bonds. The highest BCUT2D eigenvalue weighted by atomic mass is 32.1. The number of benzene rings is 1. The van der Waals surface area contributed by atoms with Crippen molar-refractivity contribution >= 4 is 34.2 Å². The van der Waals surface area contributed by atoms with E-state index in [4.69, 9.17) is 0 Å². The molecule has 7 nitrogen and oxygen atoms in total. The quantitative estimate of drug-likeness (QED) is 0.324. The van der Waals surface area contributed by atoms with Crippen LogP contribution in [0.2, 0.25) is 0 Å². The lowest BCUT2D eigenvalue weighted by Crippen LogP contribution is -2.32. The summed E-state index contributed by atoms with van der Waals surface area (Å²) in [6, 6.07) is 13.1. The lowest BCUT2D eigenvalue weighted by atomic mass is 10.2.